The molecule has 0 aromatic heterocycles. The molecule has 0 aliphatic rings. The van der Waals surface area contributed by atoms with E-state index in [1.807, 2.05) is 0 Å². The number of hydrogen-bond acceptors (Lipinski definition) is 5. The first-order valence-electron chi connectivity index (χ1n) is 25.9. The summed E-state index contributed by atoms with van der Waals surface area (Å²) in [5, 5.41) is 0. The van der Waals surface area contributed by atoms with E-state index in [9.17, 15) is 35.1 Å². The molecule has 6 rings (SSSR count). The fourth-order valence-electron chi connectivity index (χ4n) is 8.79. The zero-order valence-electron chi connectivity index (χ0n) is 42.8. The summed E-state index contributed by atoms with van der Waals surface area (Å²) >= 11 is 0. The first kappa shape index (κ1) is 58.8. The van der Waals surface area contributed by atoms with Gasteiger partial charge in [-0.2, -0.15) is 26.3 Å². The Morgan fingerprint density at radius 2 is 0.921 bits per heavy atom. The summed E-state index contributed by atoms with van der Waals surface area (Å²) in [5.74, 6) is -9.77. The molecule has 0 spiro atoms. The van der Waals surface area contributed by atoms with Crippen molar-refractivity contribution in [2.45, 2.75) is 129 Å². The predicted octanol–water partition coefficient (Wildman–Crippen LogP) is 18.9. The van der Waals surface area contributed by atoms with Gasteiger partial charge in [0.05, 0.1) is 25.4 Å². The third-order valence-electron chi connectivity index (χ3n) is 13.2. The lowest BCUT2D eigenvalue weighted by Crippen LogP contribution is -2.24. The van der Waals surface area contributed by atoms with E-state index < -0.39 is 81.3 Å². The Balaban J connectivity index is 0.780. The molecule has 0 amide bonds. The lowest BCUT2D eigenvalue weighted by molar-refractivity contribution is -0.188. The van der Waals surface area contributed by atoms with Crippen molar-refractivity contribution in [1.29, 1.82) is 0 Å². The summed E-state index contributed by atoms with van der Waals surface area (Å²) in [7, 11) is 0. The third kappa shape index (κ3) is 16.3. The topological polar surface area (TPSA) is 46.2 Å². The summed E-state index contributed by atoms with van der Waals surface area (Å²) in [4.78, 5) is 0. The first-order chi connectivity index (χ1) is 36.4. The van der Waals surface area contributed by atoms with E-state index in [-0.39, 0.29) is 34.6 Å². The van der Waals surface area contributed by atoms with Crippen LogP contribution < -0.4 is 23.7 Å². The number of hydrogen-bond donors (Lipinski definition) is 0. The second-order valence-corrected chi connectivity index (χ2v) is 18.7. The molecule has 0 N–H and O–H groups in total. The fraction of sp³-hybridized carbons (Fsp3) is 0.400. The lowest BCUT2D eigenvalue weighted by Gasteiger charge is -2.20. The van der Waals surface area contributed by atoms with E-state index in [0.29, 0.717) is 48.6 Å². The molecule has 0 bridgehead atoms. The van der Waals surface area contributed by atoms with Crippen molar-refractivity contribution < 1.29 is 72.0 Å². The normalized spacial score (nSPS) is 12.2. The van der Waals surface area contributed by atoms with Gasteiger partial charge in [-0.05, 0) is 110 Å². The van der Waals surface area contributed by atoms with Crippen LogP contribution in [0.5, 0.6) is 28.7 Å². The van der Waals surface area contributed by atoms with Crippen LogP contribution in [-0.2, 0) is 12.2 Å². The number of halogens is 11. The van der Waals surface area contributed by atoms with Crippen molar-refractivity contribution >= 4 is 0 Å². The Hall–Kier alpha value is -6.45. The molecule has 0 saturated heterocycles. The predicted molar refractivity (Wildman–Crippen MR) is 271 cm³/mol. The molecule has 6 aromatic rings. The molecule has 5 nitrogen and oxygen atoms in total. The van der Waals surface area contributed by atoms with Gasteiger partial charge in [0.25, 0.3) is 0 Å². The van der Waals surface area contributed by atoms with Gasteiger partial charge in [0.2, 0.25) is 11.6 Å². The van der Waals surface area contributed by atoms with E-state index in [0.717, 1.165) is 107 Å². The molecule has 0 aliphatic carbocycles. The summed E-state index contributed by atoms with van der Waals surface area (Å²) < 4.78 is 187. The Bertz CT molecular complexity index is 2800. The SMILES string of the molecule is CCOc1ccc(C(F)(F)Oc2ccc(-c3ccc(OCCCCCCCCC(CC)CCCCCCCCOc4ccc(-c5ccc(C(F)(F)Oc6ccc(C)c(F)c6F)cc5F)cc4)cc3F)c(F)c2)c(F)c1F. The van der Waals surface area contributed by atoms with Crippen LogP contribution in [0.2, 0.25) is 0 Å². The quantitative estimate of drug-likeness (QED) is 0.0321. The minimum absolute atomic E-state index is 0.0177. The van der Waals surface area contributed by atoms with Gasteiger partial charge in [-0.3, -0.25) is 0 Å². The van der Waals surface area contributed by atoms with Gasteiger partial charge in [0.1, 0.15) is 40.3 Å². The second kappa shape index (κ2) is 28.1. The van der Waals surface area contributed by atoms with Gasteiger partial charge in [0, 0.05) is 28.8 Å². The Kier molecular flexibility index (Phi) is 21.7. The highest BCUT2D eigenvalue weighted by Gasteiger charge is 2.40. The van der Waals surface area contributed by atoms with Crippen molar-refractivity contribution in [2.24, 2.45) is 5.92 Å². The molecule has 16 heteroatoms. The molecular formula is C60H63F11O5. The molecule has 0 aliphatic heterocycles. The third-order valence-corrected chi connectivity index (χ3v) is 13.2. The smallest absolute Gasteiger partial charge is 0.429 e. The van der Waals surface area contributed by atoms with Crippen LogP contribution in [0, 0.1) is 53.6 Å². The number of benzene rings is 6. The second-order valence-electron chi connectivity index (χ2n) is 18.7. The van der Waals surface area contributed by atoms with Crippen LogP contribution >= 0.6 is 0 Å². The monoisotopic (exact) mass is 1070 g/mol. The molecule has 0 heterocycles. The van der Waals surface area contributed by atoms with Gasteiger partial charge in [-0.25, -0.2) is 22.0 Å². The van der Waals surface area contributed by atoms with Crippen LogP contribution in [0.25, 0.3) is 22.3 Å². The van der Waals surface area contributed by atoms with E-state index in [1.54, 1.807) is 24.3 Å². The van der Waals surface area contributed by atoms with Crippen molar-refractivity contribution in [2.75, 3.05) is 19.8 Å². The molecule has 0 radical (unpaired) electrons. The van der Waals surface area contributed by atoms with Crippen molar-refractivity contribution in [3.8, 4) is 51.0 Å². The van der Waals surface area contributed by atoms with Crippen molar-refractivity contribution in [1.82, 2.24) is 0 Å². The number of rotatable bonds is 31. The summed E-state index contributed by atoms with van der Waals surface area (Å²) in [6, 6.07) is 19.5. The average Bonchev–Trinajstić information content (AvgIpc) is 3.39. The summed E-state index contributed by atoms with van der Waals surface area (Å²) in [5.41, 5.74) is -2.16. The van der Waals surface area contributed by atoms with Crippen LogP contribution in [0.1, 0.15) is 127 Å². The van der Waals surface area contributed by atoms with Gasteiger partial charge in [-0.15, -0.1) is 0 Å². The molecule has 0 saturated carbocycles. The zero-order valence-corrected chi connectivity index (χ0v) is 42.8. The van der Waals surface area contributed by atoms with Crippen molar-refractivity contribution in [3.63, 3.8) is 0 Å². The lowest BCUT2D eigenvalue weighted by atomic mass is 9.92. The minimum atomic E-state index is -4.37. The van der Waals surface area contributed by atoms with E-state index in [2.05, 4.69) is 16.4 Å². The van der Waals surface area contributed by atoms with E-state index >= 15 is 13.2 Å². The van der Waals surface area contributed by atoms with E-state index in [4.69, 9.17) is 14.2 Å². The maximum absolute atomic E-state index is 15.1. The van der Waals surface area contributed by atoms with Crippen molar-refractivity contribution in [3.05, 3.63) is 161 Å². The number of ether oxygens (including phenoxy) is 5. The summed E-state index contributed by atoms with van der Waals surface area (Å²) in [6.45, 7) is 5.93. The highest BCUT2D eigenvalue weighted by atomic mass is 19.3. The zero-order chi connectivity index (χ0) is 54.8. The Morgan fingerprint density at radius 1 is 0.421 bits per heavy atom. The molecule has 410 valence electrons. The van der Waals surface area contributed by atoms with E-state index in [1.165, 1.54) is 64.2 Å². The fourth-order valence-corrected chi connectivity index (χ4v) is 8.79. The standard InChI is InChI=1S/C60H63F11O5/c1-4-40(18-14-10-6-8-12-16-34-73-43-24-21-41(22-25-43)46-28-23-42(36-50(46)61)59(68,69)76-54-32-20-39(3)55(64)58(54)67)19-15-11-7-9-13-17-35-74-44-26-29-47(51(62)37-44)48-30-27-45(38-52(48)63)75-60(70,71)49-31-33-53(72-5-2)57(66)56(49)65/h20-33,36-38,40H,4-19,34-35H2,1-3H3. The van der Waals surface area contributed by atoms with Gasteiger partial charge in [0.15, 0.2) is 23.1 Å². The van der Waals surface area contributed by atoms with Crippen LogP contribution in [0.3, 0.4) is 0 Å². The van der Waals surface area contributed by atoms with Crippen LogP contribution in [0.15, 0.2) is 103 Å². The highest BCUT2D eigenvalue weighted by Crippen LogP contribution is 2.39. The largest absolute Gasteiger partial charge is 0.494 e. The molecule has 0 fully saturated rings. The highest BCUT2D eigenvalue weighted by molar-refractivity contribution is 5.67. The van der Waals surface area contributed by atoms with Crippen LogP contribution in [-0.4, -0.2) is 19.8 Å². The van der Waals surface area contributed by atoms with Crippen LogP contribution in [0.4, 0.5) is 48.3 Å². The average molecular weight is 1070 g/mol. The number of unbranched alkanes of at least 4 members (excludes halogenated alkanes) is 10. The molecule has 6 aromatic carbocycles. The first-order valence-corrected chi connectivity index (χ1v) is 25.9. The molecule has 1 unspecified atom stereocenters. The van der Waals surface area contributed by atoms with Gasteiger partial charge >= 0.3 is 12.2 Å². The molecule has 1 atom stereocenters. The number of alkyl halides is 4. The maximum atomic E-state index is 15.1. The summed E-state index contributed by atoms with van der Waals surface area (Å²) in [6.07, 6.45) is 7.90. The maximum Gasteiger partial charge on any atom is 0.429 e. The minimum Gasteiger partial charge on any atom is -0.494 e. The van der Waals surface area contributed by atoms with Gasteiger partial charge in [-0.1, -0.05) is 115 Å². The molecule has 76 heavy (non-hydrogen) atoms. The Labute approximate surface area is 437 Å². The number of aryl methyl sites for hydroxylation is 1. The molecular weight excluding hydrogens is 1010 g/mol. The Morgan fingerprint density at radius 3 is 1.50 bits per heavy atom. The van der Waals surface area contributed by atoms with Gasteiger partial charge < -0.3 is 23.7 Å².